The van der Waals surface area contributed by atoms with Gasteiger partial charge in [-0.1, -0.05) is 24.3 Å². The number of fused-ring (bicyclic) bond motifs is 1. The molecule has 156 valence electrons. The molecule has 1 atom stereocenters. The molecule has 0 bridgehead atoms. The van der Waals surface area contributed by atoms with Gasteiger partial charge in [-0.25, -0.2) is 8.42 Å². The first-order chi connectivity index (χ1) is 13.8. The standard InChI is InChI=1S/C21H26N2O5S/c1-27-16-11-12-19(20(13-16)28-2)23(29(3,25)26)14-21(24)22-18-10-6-8-15-7-4-5-9-17(15)18/h4-5,7,9,11-13,18H,6,8,10,14H2,1-3H3,(H,22,24). The first-order valence-corrected chi connectivity index (χ1v) is 11.2. The predicted octanol–water partition coefficient (Wildman–Crippen LogP) is 2.66. The lowest BCUT2D eigenvalue weighted by molar-refractivity contribution is -0.120. The van der Waals surface area contributed by atoms with E-state index in [2.05, 4.69) is 11.4 Å². The third kappa shape index (κ3) is 4.82. The molecule has 0 aliphatic heterocycles. The zero-order chi connectivity index (χ0) is 21.0. The van der Waals surface area contributed by atoms with Crippen LogP contribution in [0.4, 0.5) is 5.69 Å². The Balaban J connectivity index is 1.83. The fourth-order valence-electron chi connectivity index (χ4n) is 3.65. The molecule has 1 aliphatic carbocycles. The SMILES string of the molecule is COc1ccc(N(CC(=O)NC2CCCc3ccccc32)S(C)(=O)=O)c(OC)c1. The summed E-state index contributed by atoms with van der Waals surface area (Å²) in [5.41, 5.74) is 2.61. The summed E-state index contributed by atoms with van der Waals surface area (Å²) in [7, 11) is -0.760. The number of hydrogen-bond donors (Lipinski definition) is 1. The molecule has 0 spiro atoms. The number of rotatable bonds is 7. The number of anilines is 1. The van der Waals surface area contributed by atoms with E-state index in [1.807, 2.05) is 18.2 Å². The lowest BCUT2D eigenvalue weighted by atomic mass is 9.88. The number of amides is 1. The number of aryl methyl sites for hydroxylation is 1. The Morgan fingerprint density at radius 1 is 1.17 bits per heavy atom. The number of sulfonamides is 1. The molecule has 8 heteroatoms. The number of nitrogens with one attached hydrogen (secondary N) is 1. The Morgan fingerprint density at radius 2 is 1.93 bits per heavy atom. The molecule has 1 N–H and O–H groups in total. The molecule has 2 aromatic rings. The first-order valence-electron chi connectivity index (χ1n) is 9.40. The minimum atomic E-state index is -3.71. The van der Waals surface area contributed by atoms with Crippen molar-refractivity contribution in [2.45, 2.75) is 25.3 Å². The molecule has 2 aromatic carbocycles. The maximum absolute atomic E-state index is 12.8. The number of carbonyl (C=O) groups excluding carboxylic acids is 1. The van der Waals surface area contributed by atoms with Gasteiger partial charge in [0.25, 0.3) is 0 Å². The Hall–Kier alpha value is -2.74. The average Bonchev–Trinajstić information content (AvgIpc) is 2.71. The van der Waals surface area contributed by atoms with Gasteiger partial charge in [-0.05, 0) is 42.5 Å². The lowest BCUT2D eigenvalue weighted by Gasteiger charge is -2.28. The highest BCUT2D eigenvalue weighted by atomic mass is 32.2. The van der Waals surface area contributed by atoms with Crippen LogP contribution in [0.15, 0.2) is 42.5 Å². The van der Waals surface area contributed by atoms with Crippen molar-refractivity contribution in [3.05, 3.63) is 53.6 Å². The highest BCUT2D eigenvalue weighted by Gasteiger charge is 2.27. The molecule has 0 fully saturated rings. The number of nitrogens with zero attached hydrogens (tertiary/aromatic N) is 1. The Labute approximate surface area is 171 Å². The van der Waals surface area contributed by atoms with Crippen LogP contribution in [0.1, 0.15) is 30.0 Å². The fourth-order valence-corrected chi connectivity index (χ4v) is 4.51. The van der Waals surface area contributed by atoms with Gasteiger partial charge in [0, 0.05) is 6.07 Å². The normalized spacial score (nSPS) is 15.9. The molecule has 0 saturated heterocycles. The monoisotopic (exact) mass is 418 g/mol. The molecule has 3 rings (SSSR count). The summed E-state index contributed by atoms with van der Waals surface area (Å²) >= 11 is 0. The second-order valence-corrected chi connectivity index (χ2v) is 8.93. The van der Waals surface area contributed by atoms with Crippen molar-refractivity contribution in [2.24, 2.45) is 0 Å². The van der Waals surface area contributed by atoms with E-state index < -0.39 is 10.0 Å². The van der Waals surface area contributed by atoms with Crippen LogP contribution >= 0.6 is 0 Å². The third-order valence-electron chi connectivity index (χ3n) is 5.05. The third-order valence-corrected chi connectivity index (χ3v) is 6.17. The maximum atomic E-state index is 12.8. The van der Waals surface area contributed by atoms with Gasteiger partial charge in [-0.15, -0.1) is 0 Å². The average molecular weight is 419 g/mol. The topological polar surface area (TPSA) is 84.9 Å². The molecule has 1 aliphatic rings. The lowest BCUT2D eigenvalue weighted by Crippen LogP contribution is -2.42. The van der Waals surface area contributed by atoms with Gasteiger partial charge in [0.1, 0.15) is 18.0 Å². The molecule has 29 heavy (non-hydrogen) atoms. The number of carbonyl (C=O) groups is 1. The summed E-state index contributed by atoms with van der Waals surface area (Å²) in [4.78, 5) is 12.8. The molecular weight excluding hydrogens is 392 g/mol. The van der Waals surface area contributed by atoms with Crippen LogP contribution in [-0.2, 0) is 21.2 Å². The zero-order valence-electron chi connectivity index (χ0n) is 16.8. The van der Waals surface area contributed by atoms with Crippen LogP contribution in [0.3, 0.4) is 0 Å². The van der Waals surface area contributed by atoms with E-state index in [4.69, 9.17) is 9.47 Å². The molecule has 0 saturated carbocycles. The van der Waals surface area contributed by atoms with Gasteiger partial charge >= 0.3 is 0 Å². The molecular formula is C21H26N2O5S. The van der Waals surface area contributed by atoms with Crippen LogP contribution in [0, 0.1) is 0 Å². The number of ether oxygens (including phenoxy) is 2. The molecule has 0 radical (unpaired) electrons. The molecule has 0 aromatic heterocycles. The van der Waals surface area contributed by atoms with Gasteiger partial charge in [0.15, 0.2) is 0 Å². The zero-order valence-corrected chi connectivity index (χ0v) is 17.7. The van der Waals surface area contributed by atoms with Crippen molar-refractivity contribution < 1.29 is 22.7 Å². The highest BCUT2D eigenvalue weighted by molar-refractivity contribution is 7.92. The van der Waals surface area contributed by atoms with E-state index in [-0.39, 0.29) is 24.2 Å². The van der Waals surface area contributed by atoms with Gasteiger partial charge < -0.3 is 14.8 Å². The Morgan fingerprint density at radius 3 is 2.62 bits per heavy atom. The van der Waals surface area contributed by atoms with Crippen molar-refractivity contribution in [2.75, 3.05) is 31.3 Å². The summed E-state index contributed by atoms with van der Waals surface area (Å²) < 4.78 is 36.4. The van der Waals surface area contributed by atoms with Crippen LogP contribution in [0.25, 0.3) is 0 Å². The van der Waals surface area contributed by atoms with Crippen LogP contribution in [0.2, 0.25) is 0 Å². The largest absolute Gasteiger partial charge is 0.497 e. The van der Waals surface area contributed by atoms with E-state index in [9.17, 15) is 13.2 Å². The Kier molecular flexibility index (Phi) is 6.32. The second-order valence-electron chi connectivity index (χ2n) is 7.02. The maximum Gasteiger partial charge on any atom is 0.241 e. The highest BCUT2D eigenvalue weighted by Crippen LogP contribution is 2.34. The van der Waals surface area contributed by atoms with Crippen molar-refractivity contribution in [1.29, 1.82) is 0 Å². The second kappa shape index (κ2) is 8.73. The fraction of sp³-hybridized carbons (Fsp3) is 0.381. The summed E-state index contributed by atoms with van der Waals surface area (Å²) in [5.74, 6) is 0.475. The number of hydrogen-bond acceptors (Lipinski definition) is 5. The molecule has 1 unspecified atom stereocenters. The Bertz CT molecular complexity index is 990. The summed E-state index contributed by atoms with van der Waals surface area (Å²) in [5, 5.41) is 3.00. The minimum absolute atomic E-state index is 0.119. The molecule has 7 nitrogen and oxygen atoms in total. The van der Waals surface area contributed by atoms with Crippen LogP contribution in [0.5, 0.6) is 11.5 Å². The summed E-state index contributed by atoms with van der Waals surface area (Å²) in [6, 6.07) is 12.7. The summed E-state index contributed by atoms with van der Waals surface area (Å²) in [6.07, 6.45) is 3.86. The van der Waals surface area contributed by atoms with E-state index >= 15 is 0 Å². The van der Waals surface area contributed by atoms with Crippen LogP contribution < -0.4 is 19.1 Å². The van der Waals surface area contributed by atoms with Crippen LogP contribution in [-0.4, -0.2) is 41.3 Å². The van der Waals surface area contributed by atoms with Gasteiger partial charge in [-0.3, -0.25) is 9.10 Å². The first kappa shape index (κ1) is 21.0. The molecule has 1 amide bonds. The van der Waals surface area contributed by atoms with Crippen molar-refractivity contribution in [3.8, 4) is 11.5 Å². The summed E-state index contributed by atoms with van der Waals surface area (Å²) in [6.45, 7) is -0.333. The molecule has 0 heterocycles. The van der Waals surface area contributed by atoms with E-state index in [1.54, 1.807) is 18.2 Å². The van der Waals surface area contributed by atoms with Crippen molar-refractivity contribution in [1.82, 2.24) is 5.32 Å². The van der Waals surface area contributed by atoms with Crippen molar-refractivity contribution in [3.63, 3.8) is 0 Å². The number of methoxy groups -OCH3 is 2. The predicted molar refractivity (Wildman–Crippen MR) is 112 cm³/mol. The minimum Gasteiger partial charge on any atom is -0.497 e. The van der Waals surface area contributed by atoms with E-state index in [0.717, 1.165) is 35.4 Å². The quantitative estimate of drug-likeness (QED) is 0.747. The van der Waals surface area contributed by atoms with E-state index in [0.29, 0.717) is 11.5 Å². The van der Waals surface area contributed by atoms with Gasteiger partial charge in [0.05, 0.1) is 32.2 Å². The van der Waals surface area contributed by atoms with E-state index in [1.165, 1.54) is 19.8 Å². The smallest absolute Gasteiger partial charge is 0.241 e. The van der Waals surface area contributed by atoms with Crippen molar-refractivity contribution >= 4 is 21.6 Å². The number of benzene rings is 2. The van der Waals surface area contributed by atoms with Gasteiger partial charge in [0.2, 0.25) is 15.9 Å². The van der Waals surface area contributed by atoms with Gasteiger partial charge in [-0.2, -0.15) is 0 Å².